The molecule has 1 aliphatic rings. The van der Waals surface area contributed by atoms with E-state index in [4.69, 9.17) is 23.2 Å². The first-order valence-electron chi connectivity index (χ1n) is 6.48. The van der Waals surface area contributed by atoms with Crippen molar-refractivity contribution in [3.8, 4) is 0 Å². The maximum absolute atomic E-state index is 6.01. The van der Waals surface area contributed by atoms with Gasteiger partial charge in [-0.2, -0.15) is 0 Å². The first-order valence-corrected chi connectivity index (χ1v) is 7.23. The Balaban J connectivity index is 0.00000180. The van der Waals surface area contributed by atoms with E-state index in [9.17, 15) is 0 Å². The average Bonchev–Trinajstić information content (AvgIpc) is 2.28. The van der Waals surface area contributed by atoms with E-state index in [1.165, 1.54) is 24.9 Å². The fraction of sp³-hybridized carbons (Fsp3) is 0.571. The van der Waals surface area contributed by atoms with Crippen LogP contribution in [0.15, 0.2) is 18.2 Å². The van der Waals surface area contributed by atoms with Gasteiger partial charge in [-0.25, -0.2) is 0 Å². The van der Waals surface area contributed by atoms with Crippen LogP contribution in [0.2, 0.25) is 10.0 Å². The Labute approximate surface area is 131 Å². The molecule has 1 unspecified atom stereocenters. The zero-order valence-electron chi connectivity index (χ0n) is 11.2. The van der Waals surface area contributed by atoms with Gasteiger partial charge in [-0.05, 0) is 62.7 Å². The van der Waals surface area contributed by atoms with Crippen molar-refractivity contribution in [1.82, 2.24) is 10.2 Å². The second kappa shape index (κ2) is 8.33. The zero-order valence-corrected chi connectivity index (χ0v) is 13.5. The molecule has 1 aromatic rings. The number of halogens is 3. The number of piperidine rings is 1. The minimum absolute atomic E-state index is 0. The summed E-state index contributed by atoms with van der Waals surface area (Å²) in [7, 11) is 2.16. The van der Waals surface area contributed by atoms with Crippen LogP contribution >= 0.6 is 35.6 Å². The van der Waals surface area contributed by atoms with Gasteiger partial charge in [0.1, 0.15) is 0 Å². The SMILES string of the molecule is CN(Cc1cc(Cl)cc(Cl)c1)CC1CCCNC1.Cl. The van der Waals surface area contributed by atoms with Crippen molar-refractivity contribution < 1.29 is 0 Å². The topological polar surface area (TPSA) is 15.3 Å². The van der Waals surface area contributed by atoms with Crippen molar-refractivity contribution >= 4 is 35.6 Å². The summed E-state index contributed by atoms with van der Waals surface area (Å²) in [4.78, 5) is 2.35. The molecule has 0 aliphatic carbocycles. The molecule has 0 bridgehead atoms. The predicted molar refractivity (Wildman–Crippen MR) is 85.6 cm³/mol. The van der Waals surface area contributed by atoms with Crippen LogP contribution in [0.5, 0.6) is 0 Å². The summed E-state index contributed by atoms with van der Waals surface area (Å²) in [6, 6.07) is 5.75. The van der Waals surface area contributed by atoms with Crippen LogP contribution in [-0.2, 0) is 6.54 Å². The lowest BCUT2D eigenvalue weighted by atomic mass is 9.99. The number of benzene rings is 1. The molecule has 0 radical (unpaired) electrons. The summed E-state index contributed by atoms with van der Waals surface area (Å²) >= 11 is 12.0. The lowest BCUT2D eigenvalue weighted by Gasteiger charge is -2.27. The third-order valence-electron chi connectivity index (χ3n) is 3.34. The van der Waals surface area contributed by atoms with Crippen LogP contribution in [0.1, 0.15) is 18.4 Å². The molecule has 1 saturated heterocycles. The van der Waals surface area contributed by atoms with Gasteiger partial charge < -0.3 is 10.2 Å². The number of nitrogens with zero attached hydrogens (tertiary/aromatic N) is 1. The van der Waals surface area contributed by atoms with Crippen LogP contribution in [0.3, 0.4) is 0 Å². The largest absolute Gasteiger partial charge is 0.316 e. The number of nitrogens with one attached hydrogen (secondary N) is 1. The second-order valence-electron chi connectivity index (χ2n) is 5.19. The third kappa shape index (κ3) is 5.88. The molecule has 0 saturated carbocycles. The molecule has 1 aromatic carbocycles. The minimum atomic E-state index is 0. The van der Waals surface area contributed by atoms with Gasteiger partial charge in [0.15, 0.2) is 0 Å². The highest BCUT2D eigenvalue weighted by atomic mass is 35.5. The number of hydrogen-bond acceptors (Lipinski definition) is 2. The van der Waals surface area contributed by atoms with Crippen molar-refractivity contribution in [3.05, 3.63) is 33.8 Å². The number of rotatable bonds is 4. The summed E-state index contributed by atoms with van der Waals surface area (Å²) in [5, 5.41) is 4.88. The van der Waals surface area contributed by atoms with Gasteiger partial charge in [0.25, 0.3) is 0 Å². The van der Waals surface area contributed by atoms with Gasteiger partial charge in [0.2, 0.25) is 0 Å². The van der Waals surface area contributed by atoms with E-state index >= 15 is 0 Å². The fourth-order valence-corrected chi connectivity index (χ4v) is 3.17. The normalized spacial score (nSPS) is 19.3. The summed E-state index contributed by atoms with van der Waals surface area (Å²) in [6.07, 6.45) is 2.62. The average molecular weight is 324 g/mol. The van der Waals surface area contributed by atoms with Crippen LogP contribution < -0.4 is 5.32 Å². The van der Waals surface area contributed by atoms with E-state index in [0.29, 0.717) is 10.0 Å². The van der Waals surface area contributed by atoms with Crippen LogP contribution in [0.4, 0.5) is 0 Å². The van der Waals surface area contributed by atoms with E-state index in [0.717, 1.165) is 25.6 Å². The Bertz CT molecular complexity index is 372. The van der Waals surface area contributed by atoms with Gasteiger partial charge >= 0.3 is 0 Å². The minimum Gasteiger partial charge on any atom is -0.316 e. The summed E-state index contributed by atoms with van der Waals surface area (Å²) in [6.45, 7) is 4.33. The quantitative estimate of drug-likeness (QED) is 0.905. The van der Waals surface area contributed by atoms with Gasteiger partial charge in [-0.15, -0.1) is 12.4 Å². The highest BCUT2D eigenvalue weighted by molar-refractivity contribution is 6.34. The predicted octanol–water partition coefficient (Wildman–Crippen LogP) is 3.85. The van der Waals surface area contributed by atoms with Crippen molar-refractivity contribution in [2.24, 2.45) is 5.92 Å². The van der Waals surface area contributed by atoms with E-state index in [1.807, 2.05) is 12.1 Å². The van der Waals surface area contributed by atoms with Gasteiger partial charge in [-0.3, -0.25) is 0 Å². The van der Waals surface area contributed by atoms with Crippen molar-refractivity contribution in [3.63, 3.8) is 0 Å². The van der Waals surface area contributed by atoms with E-state index in [1.54, 1.807) is 6.07 Å². The highest BCUT2D eigenvalue weighted by Crippen LogP contribution is 2.20. The monoisotopic (exact) mass is 322 g/mol. The molecule has 1 atom stereocenters. The van der Waals surface area contributed by atoms with Crippen LogP contribution in [0, 0.1) is 5.92 Å². The molecular weight excluding hydrogens is 303 g/mol. The van der Waals surface area contributed by atoms with Crippen molar-refractivity contribution in [1.29, 1.82) is 0 Å². The first-order chi connectivity index (χ1) is 8.63. The molecule has 0 aromatic heterocycles. The molecule has 19 heavy (non-hydrogen) atoms. The molecule has 1 N–H and O–H groups in total. The molecule has 1 fully saturated rings. The Morgan fingerprint density at radius 1 is 1.26 bits per heavy atom. The molecular formula is C14H21Cl3N2. The van der Waals surface area contributed by atoms with Crippen LogP contribution in [0.25, 0.3) is 0 Å². The Morgan fingerprint density at radius 3 is 2.53 bits per heavy atom. The first kappa shape index (κ1) is 17.1. The molecule has 0 amide bonds. The number of hydrogen-bond donors (Lipinski definition) is 1. The molecule has 1 aliphatic heterocycles. The summed E-state index contributed by atoms with van der Waals surface area (Å²) in [5.74, 6) is 0.762. The van der Waals surface area contributed by atoms with E-state index in [-0.39, 0.29) is 12.4 Å². The summed E-state index contributed by atoms with van der Waals surface area (Å²) in [5.41, 5.74) is 1.18. The molecule has 2 nitrogen and oxygen atoms in total. The Kier molecular flexibility index (Phi) is 7.48. The highest BCUT2D eigenvalue weighted by Gasteiger charge is 2.15. The Hall–Kier alpha value is 0.01000. The third-order valence-corrected chi connectivity index (χ3v) is 3.78. The maximum atomic E-state index is 6.01. The smallest absolute Gasteiger partial charge is 0.0424 e. The van der Waals surface area contributed by atoms with Gasteiger partial charge in [-0.1, -0.05) is 23.2 Å². The van der Waals surface area contributed by atoms with Crippen molar-refractivity contribution in [2.45, 2.75) is 19.4 Å². The Morgan fingerprint density at radius 2 is 1.95 bits per heavy atom. The van der Waals surface area contributed by atoms with Crippen molar-refractivity contribution in [2.75, 3.05) is 26.7 Å². The molecule has 108 valence electrons. The summed E-state index contributed by atoms with van der Waals surface area (Å²) < 4.78 is 0. The van der Waals surface area contributed by atoms with Gasteiger partial charge in [0.05, 0.1) is 0 Å². The molecule has 2 rings (SSSR count). The second-order valence-corrected chi connectivity index (χ2v) is 6.06. The van der Waals surface area contributed by atoms with Gasteiger partial charge in [0, 0.05) is 23.1 Å². The van der Waals surface area contributed by atoms with E-state index < -0.39 is 0 Å². The fourth-order valence-electron chi connectivity index (χ4n) is 2.60. The molecule has 0 spiro atoms. The maximum Gasteiger partial charge on any atom is 0.0424 e. The molecule has 5 heteroatoms. The molecule has 1 heterocycles. The zero-order chi connectivity index (χ0) is 13.0. The van der Waals surface area contributed by atoms with E-state index in [2.05, 4.69) is 17.3 Å². The standard InChI is InChI=1S/C14H20Cl2N2.ClH/c1-18(9-11-3-2-4-17-8-11)10-12-5-13(15)7-14(16)6-12;/h5-7,11,17H,2-4,8-10H2,1H3;1H. The lowest BCUT2D eigenvalue weighted by Crippen LogP contribution is -2.36. The lowest BCUT2D eigenvalue weighted by molar-refractivity contribution is 0.237. The van der Waals surface area contributed by atoms with Crippen LogP contribution in [-0.4, -0.2) is 31.6 Å².